The van der Waals surface area contributed by atoms with Crippen molar-refractivity contribution in [2.45, 2.75) is 57.2 Å². The zero-order chi connectivity index (χ0) is 27.4. The Morgan fingerprint density at radius 1 is 0.475 bits per heavy atom. The summed E-state index contributed by atoms with van der Waals surface area (Å²) >= 11 is 0. The van der Waals surface area contributed by atoms with Gasteiger partial charge in [-0.15, -0.1) is 0 Å². The number of alkyl halides is 1. The molecule has 5 rings (SSSR count). The molecule has 4 aromatic carbocycles. The molecule has 0 spiro atoms. The highest BCUT2D eigenvalue weighted by molar-refractivity contribution is 5.16. The quantitative estimate of drug-likeness (QED) is 0.189. The minimum Gasteiger partial charge on any atom is -0.374 e. The normalized spacial score (nSPS) is 22.7. The van der Waals surface area contributed by atoms with Gasteiger partial charge in [-0.3, -0.25) is 0 Å². The van der Waals surface area contributed by atoms with E-state index in [2.05, 4.69) is 0 Å². The number of hydrogen-bond donors (Lipinski definition) is 0. The molecule has 0 aliphatic carbocycles. The van der Waals surface area contributed by atoms with Crippen LogP contribution in [0.4, 0.5) is 4.39 Å². The second-order valence-corrected chi connectivity index (χ2v) is 9.81. The van der Waals surface area contributed by atoms with Crippen molar-refractivity contribution in [1.82, 2.24) is 0 Å². The molecule has 1 saturated heterocycles. The molecule has 1 aliphatic heterocycles. The summed E-state index contributed by atoms with van der Waals surface area (Å²) in [6, 6.07) is 39.2. The predicted molar refractivity (Wildman–Crippen MR) is 151 cm³/mol. The van der Waals surface area contributed by atoms with E-state index in [1.54, 1.807) is 0 Å². The molecule has 1 heterocycles. The molecule has 1 unspecified atom stereocenters. The lowest BCUT2D eigenvalue weighted by Gasteiger charge is -2.43. The number of ether oxygens (including phenoxy) is 5. The summed E-state index contributed by atoms with van der Waals surface area (Å²) in [4.78, 5) is 0. The molecule has 40 heavy (non-hydrogen) atoms. The van der Waals surface area contributed by atoms with Gasteiger partial charge < -0.3 is 23.7 Å². The summed E-state index contributed by atoms with van der Waals surface area (Å²) in [5, 5.41) is 0. The highest BCUT2D eigenvalue weighted by Crippen LogP contribution is 2.31. The zero-order valence-corrected chi connectivity index (χ0v) is 22.4. The number of halogens is 1. The minimum absolute atomic E-state index is 0.144. The van der Waals surface area contributed by atoms with Gasteiger partial charge in [-0.1, -0.05) is 121 Å². The van der Waals surface area contributed by atoms with Crippen molar-refractivity contribution < 1.29 is 28.1 Å². The number of rotatable bonds is 13. The fourth-order valence-electron chi connectivity index (χ4n) is 4.73. The fraction of sp³-hybridized carbons (Fsp3) is 0.294. The topological polar surface area (TPSA) is 46.2 Å². The third-order valence-electron chi connectivity index (χ3n) is 6.83. The second kappa shape index (κ2) is 14.8. The molecule has 0 N–H and O–H groups in total. The molecule has 0 amide bonds. The summed E-state index contributed by atoms with van der Waals surface area (Å²) in [5.74, 6) is 0. The van der Waals surface area contributed by atoms with E-state index in [1.807, 2.05) is 121 Å². The molecule has 6 heteroatoms. The third-order valence-corrected chi connectivity index (χ3v) is 6.83. The minimum atomic E-state index is -1.72. The highest BCUT2D eigenvalue weighted by atomic mass is 19.1. The lowest BCUT2D eigenvalue weighted by molar-refractivity contribution is -0.298. The summed E-state index contributed by atoms with van der Waals surface area (Å²) < 4.78 is 46.6. The first-order chi connectivity index (χ1) is 19.8. The monoisotopic (exact) mass is 542 g/mol. The van der Waals surface area contributed by atoms with Crippen molar-refractivity contribution in [3.05, 3.63) is 144 Å². The SMILES string of the molecule is F[C@H]1OC(COCc2ccccc2)[C@@H](OCc2ccccc2)[C@H](OCc2ccccc2)[C@@H]1OCc1ccccc1. The van der Waals surface area contributed by atoms with Gasteiger partial charge in [0.1, 0.15) is 24.4 Å². The number of hydrogen-bond acceptors (Lipinski definition) is 5. The first kappa shape index (κ1) is 28.1. The Morgan fingerprint density at radius 2 is 0.850 bits per heavy atom. The largest absolute Gasteiger partial charge is 0.374 e. The molecule has 0 bridgehead atoms. The molecule has 5 atom stereocenters. The standard InChI is InChI=1S/C34H35FO5/c35-34-33(39-24-29-19-11-4-12-20-29)32(38-23-28-17-9-3-10-18-28)31(37-22-27-15-7-2-8-16-27)30(40-34)25-36-21-26-13-5-1-6-14-26/h1-20,30-34H,21-25H2/t30?,31-,32+,33+,34+/m1/s1. The van der Waals surface area contributed by atoms with Crippen LogP contribution in [0, 0.1) is 0 Å². The van der Waals surface area contributed by atoms with Crippen LogP contribution >= 0.6 is 0 Å². The van der Waals surface area contributed by atoms with Crippen LogP contribution in [0.5, 0.6) is 0 Å². The zero-order valence-electron chi connectivity index (χ0n) is 22.4. The van der Waals surface area contributed by atoms with Gasteiger partial charge in [-0.25, -0.2) is 4.39 Å². The van der Waals surface area contributed by atoms with Crippen molar-refractivity contribution in [1.29, 1.82) is 0 Å². The Morgan fingerprint density at radius 3 is 1.30 bits per heavy atom. The predicted octanol–water partition coefficient (Wildman–Crippen LogP) is 6.65. The lowest BCUT2D eigenvalue weighted by Crippen LogP contribution is -2.60. The van der Waals surface area contributed by atoms with E-state index in [0.717, 1.165) is 22.3 Å². The van der Waals surface area contributed by atoms with Crippen molar-refractivity contribution in [2.24, 2.45) is 0 Å². The first-order valence-electron chi connectivity index (χ1n) is 13.6. The molecular weight excluding hydrogens is 507 g/mol. The maximum absolute atomic E-state index is 15.7. The van der Waals surface area contributed by atoms with E-state index < -0.39 is 30.8 Å². The van der Waals surface area contributed by atoms with Crippen molar-refractivity contribution in [3.8, 4) is 0 Å². The fourth-order valence-corrected chi connectivity index (χ4v) is 4.73. The summed E-state index contributed by atoms with van der Waals surface area (Å²) in [7, 11) is 0. The van der Waals surface area contributed by atoms with Crippen LogP contribution in [0.15, 0.2) is 121 Å². The molecule has 208 valence electrons. The maximum atomic E-state index is 15.7. The van der Waals surface area contributed by atoms with Crippen LogP contribution in [0.3, 0.4) is 0 Å². The van der Waals surface area contributed by atoms with Gasteiger partial charge in [0.05, 0.1) is 33.0 Å². The van der Waals surface area contributed by atoms with E-state index in [1.165, 1.54) is 0 Å². The first-order valence-corrected chi connectivity index (χ1v) is 13.6. The smallest absolute Gasteiger partial charge is 0.228 e. The van der Waals surface area contributed by atoms with Gasteiger partial charge in [-0.2, -0.15) is 0 Å². The molecule has 4 aromatic rings. The molecule has 1 fully saturated rings. The third kappa shape index (κ3) is 8.07. The Kier molecular flexibility index (Phi) is 10.4. The Balaban J connectivity index is 1.36. The summed E-state index contributed by atoms with van der Waals surface area (Å²) in [6.07, 6.45) is -4.77. The van der Waals surface area contributed by atoms with Gasteiger partial charge >= 0.3 is 0 Å². The van der Waals surface area contributed by atoms with E-state index in [0.29, 0.717) is 13.2 Å². The Hall–Kier alpha value is -3.39. The van der Waals surface area contributed by atoms with Crippen LogP contribution in [-0.4, -0.2) is 37.4 Å². The average Bonchev–Trinajstić information content (AvgIpc) is 3.01. The van der Waals surface area contributed by atoms with E-state index in [-0.39, 0.29) is 19.8 Å². The number of benzene rings is 4. The Bertz CT molecular complexity index is 1240. The highest BCUT2D eigenvalue weighted by Gasteiger charge is 2.48. The molecule has 0 saturated carbocycles. The van der Waals surface area contributed by atoms with E-state index >= 15 is 4.39 Å². The van der Waals surface area contributed by atoms with Crippen LogP contribution in [0.25, 0.3) is 0 Å². The lowest BCUT2D eigenvalue weighted by atomic mass is 9.98. The van der Waals surface area contributed by atoms with Gasteiger partial charge in [0.2, 0.25) is 6.36 Å². The van der Waals surface area contributed by atoms with Crippen LogP contribution in [-0.2, 0) is 50.1 Å². The Labute approximate surface area is 235 Å². The van der Waals surface area contributed by atoms with E-state index in [4.69, 9.17) is 23.7 Å². The van der Waals surface area contributed by atoms with Crippen molar-refractivity contribution in [2.75, 3.05) is 6.61 Å². The molecule has 5 nitrogen and oxygen atoms in total. The summed E-state index contributed by atoms with van der Waals surface area (Å²) in [6.45, 7) is 1.35. The van der Waals surface area contributed by atoms with Crippen molar-refractivity contribution in [3.63, 3.8) is 0 Å². The average molecular weight is 543 g/mol. The molecule has 0 radical (unpaired) electrons. The molecule has 1 aliphatic rings. The van der Waals surface area contributed by atoms with E-state index in [9.17, 15) is 0 Å². The van der Waals surface area contributed by atoms with Crippen molar-refractivity contribution >= 4 is 0 Å². The van der Waals surface area contributed by atoms with Gasteiger partial charge in [0.25, 0.3) is 0 Å². The molecule has 0 aromatic heterocycles. The van der Waals surface area contributed by atoms with Gasteiger partial charge in [-0.05, 0) is 22.3 Å². The molecular formula is C34H35FO5. The second-order valence-electron chi connectivity index (χ2n) is 9.81. The van der Waals surface area contributed by atoms with Crippen LogP contribution in [0.1, 0.15) is 22.3 Å². The van der Waals surface area contributed by atoms with Crippen LogP contribution < -0.4 is 0 Å². The van der Waals surface area contributed by atoms with Gasteiger partial charge in [0, 0.05) is 0 Å². The maximum Gasteiger partial charge on any atom is 0.228 e. The van der Waals surface area contributed by atoms with Gasteiger partial charge in [0.15, 0.2) is 0 Å². The van der Waals surface area contributed by atoms with Crippen LogP contribution in [0.2, 0.25) is 0 Å². The summed E-state index contributed by atoms with van der Waals surface area (Å²) in [5.41, 5.74) is 3.94.